The predicted octanol–water partition coefficient (Wildman–Crippen LogP) is 3.71. The smallest absolute Gasteiger partial charge is 0.261 e. The van der Waals surface area contributed by atoms with Crippen molar-refractivity contribution in [2.24, 2.45) is 0 Å². The van der Waals surface area contributed by atoms with Crippen LogP contribution >= 0.6 is 0 Å². The SMILES string of the molecule is COc1cc2ncn(CCCC(=O)Nc3cccc4c3CCCC4)c(=O)c2cc1OC. The third kappa shape index (κ3) is 4.40. The number of amides is 1. The number of nitrogens with one attached hydrogen (secondary N) is 1. The highest BCUT2D eigenvalue weighted by Gasteiger charge is 2.15. The van der Waals surface area contributed by atoms with Crippen molar-refractivity contribution >= 4 is 22.5 Å². The molecule has 0 unspecified atom stereocenters. The van der Waals surface area contributed by atoms with Crippen molar-refractivity contribution in [3.63, 3.8) is 0 Å². The summed E-state index contributed by atoms with van der Waals surface area (Å²) in [6.07, 6.45) is 6.85. The average molecular weight is 421 g/mol. The molecule has 0 radical (unpaired) electrons. The van der Waals surface area contributed by atoms with Crippen LogP contribution in [0.5, 0.6) is 11.5 Å². The molecule has 1 amide bonds. The van der Waals surface area contributed by atoms with Crippen molar-refractivity contribution in [3.05, 3.63) is 58.1 Å². The van der Waals surface area contributed by atoms with Gasteiger partial charge in [-0.05, 0) is 55.4 Å². The maximum atomic E-state index is 12.8. The molecule has 162 valence electrons. The number of nitrogens with zero attached hydrogens (tertiary/aromatic N) is 2. The van der Waals surface area contributed by atoms with Gasteiger partial charge in [-0.15, -0.1) is 0 Å². The van der Waals surface area contributed by atoms with Gasteiger partial charge in [0.15, 0.2) is 11.5 Å². The maximum Gasteiger partial charge on any atom is 0.261 e. The van der Waals surface area contributed by atoms with Crippen LogP contribution in [0, 0.1) is 0 Å². The van der Waals surface area contributed by atoms with E-state index in [9.17, 15) is 9.59 Å². The third-order valence-corrected chi connectivity index (χ3v) is 5.80. The van der Waals surface area contributed by atoms with Crippen LogP contribution in [0.2, 0.25) is 0 Å². The molecule has 1 heterocycles. The number of hydrogen-bond acceptors (Lipinski definition) is 5. The minimum atomic E-state index is -0.163. The number of methoxy groups -OCH3 is 2. The second-order valence-corrected chi connectivity index (χ2v) is 7.77. The van der Waals surface area contributed by atoms with Gasteiger partial charge in [0.2, 0.25) is 5.91 Å². The van der Waals surface area contributed by atoms with Crippen LogP contribution in [0.1, 0.15) is 36.8 Å². The largest absolute Gasteiger partial charge is 0.493 e. The van der Waals surface area contributed by atoms with E-state index in [0.29, 0.717) is 41.8 Å². The first-order valence-corrected chi connectivity index (χ1v) is 10.6. The van der Waals surface area contributed by atoms with Crippen LogP contribution in [0.3, 0.4) is 0 Å². The molecule has 0 aliphatic heterocycles. The molecule has 1 aliphatic rings. The highest BCUT2D eigenvalue weighted by molar-refractivity contribution is 5.91. The van der Waals surface area contributed by atoms with E-state index < -0.39 is 0 Å². The molecule has 0 atom stereocenters. The number of anilines is 1. The highest BCUT2D eigenvalue weighted by Crippen LogP contribution is 2.30. The van der Waals surface area contributed by atoms with Crippen LogP contribution in [0.4, 0.5) is 5.69 Å². The molecule has 2 aromatic carbocycles. The molecule has 0 spiro atoms. The molecule has 7 nitrogen and oxygen atoms in total. The lowest BCUT2D eigenvalue weighted by atomic mass is 9.90. The minimum Gasteiger partial charge on any atom is -0.493 e. The Balaban J connectivity index is 1.42. The number of carbonyl (C=O) groups is 1. The van der Waals surface area contributed by atoms with Crippen molar-refractivity contribution in [2.75, 3.05) is 19.5 Å². The van der Waals surface area contributed by atoms with Crippen molar-refractivity contribution in [3.8, 4) is 11.5 Å². The summed E-state index contributed by atoms with van der Waals surface area (Å²) >= 11 is 0. The van der Waals surface area contributed by atoms with Gasteiger partial charge in [0.1, 0.15) is 0 Å². The molecule has 0 bridgehead atoms. The number of aryl methyl sites for hydroxylation is 2. The quantitative estimate of drug-likeness (QED) is 0.629. The first-order chi connectivity index (χ1) is 15.1. The molecule has 7 heteroatoms. The van der Waals surface area contributed by atoms with Gasteiger partial charge in [-0.2, -0.15) is 0 Å². The number of ether oxygens (including phenoxy) is 2. The minimum absolute atomic E-state index is 0.0350. The van der Waals surface area contributed by atoms with E-state index in [2.05, 4.69) is 16.4 Å². The number of carbonyl (C=O) groups excluding carboxylic acids is 1. The van der Waals surface area contributed by atoms with Crippen molar-refractivity contribution in [1.82, 2.24) is 9.55 Å². The summed E-state index contributed by atoms with van der Waals surface area (Å²) in [4.78, 5) is 29.7. The van der Waals surface area contributed by atoms with E-state index in [1.807, 2.05) is 12.1 Å². The second-order valence-electron chi connectivity index (χ2n) is 7.77. The highest BCUT2D eigenvalue weighted by atomic mass is 16.5. The zero-order valence-electron chi connectivity index (χ0n) is 17.9. The summed E-state index contributed by atoms with van der Waals surface area (Å²) in [6, 6.07) is 9.46. The number of hydrogen-bond donors (Lipinski definition) is 1. The Morgan fingerprint density at radius 1 is 1.13 bits per heavy atom. The number of rotatable bonds is 7. The Morgan fingerprint density at radius 2 is 1.90 bits per heavy atom. The monoisotopic (exact) mass is 421 g/mol. The first-order valence-electron chi connectivity index (χ1n) is 10.6. The average Bonchev–Trinajstić information content (AvgIpc) is 2.80. The number of benzene rings is 2. The molecule has 0 saturated heterocycles. The van der Waals surface area contributed by atoms with Crippen LogP contribution in [0.15, 0.2) is 41.5 Å². The molecule has 1 N–H and O–H groups in total. The van der Waals surface area contributed by atoms with Crippen LogP contribution in [-0.4, -0.2) is 29.7 Å². The van der Waals surface area contributed by atoms with E-state index in [1.165, 1.54) is 35.6 Å². The Hall–Kier alpha value is -3.35. The zero-order chi connectivity index (χ0) is 21.8. The molecular weight excluding hydrogens is 394 g/mol. The van der Waals surface area contributed by atoms with E-state index in [0.717, 1.165) is 24.9 Å². The summed E-state index contributed by atoms with van der Waals surface area (Å²) in [7, 11) is 3.07. The lowest BCUT2D eigenvalue weighted by Crippen LogP contribution is -2.22. The topological polar surface area (TPSA) is 82.5 Å². The maximum absolute atomic E-state index is 12.8. The molecule has 31 heavy (non-hydrogen) atoms. The molecule has 0 saturated carbocycles. The van der Waals surface area contributed by atoms with Gasteiger partial charge in [0.05, 0.1) is 31.4 Å². The summed E-state index contributed by atoms with van der Waals surface area (Å²) in [5, 5.41) is 3.51. The Kier molecular flexibility index (Phi) is 6.21. The van der Waals surface area contributed by atoms with Gasteiger partial charge in [-0.25, -0.2) is 4.98 Å². The summed E-state index contributed by atoms with van der Waals surface area (Å²) in [5.41, 5.74) is 3.91. The lowest BCUT2D eigenvalue weighted by molar-refractivity contribution is -0.116. The molecule has 1 aliphatic carbocycles. The Labute approximate surface area is 181 Å². The first kappa shape index (κ1) is 20.9. The van der Waals surface area contributed by atoms with Crippen LogP contribution < -0.4 is 20.3 Å². The Morgan fingerprint density at radius 3 is 2.71 bits per heavy atom. The number of fused-ring (bicyclic) bond motifs is 2. The standard InChI is InChI=1S/C24H27N3O4/c1-30-21-13-18-20(14-22(21)31-2)25-15-27(24(18)29)12-6-11-23(28)26-19-10-5-8-16-7-3-4-9-17(16)19/h5,8,10,13-15H,3-4,6-7,9,11-12H2,1-2H3,(H,26,28). The van der Waals surface area contributed by atoms with E-state index in [1.54, 1.807) is 19.2 Å². The Bertz CT molecular complexity index is 1170. The third-order valence-electron chi connectivity index (χ3n) is 5.80. The summed E-state index contributed by atoms with van der Waals surface area (Å²) in [6.45, 7) is 0.413. The predicted molar refractivity (Wildman–Crippen MR) is 120 cm³/mol. The lowest BCUT2D eigenvalue weighted by Gasteiger charge is -2.19. The van der Waals surface area contributed by atoms with Gasteiger partial charge in [-0.1, -0.05) is 12.1 Å². The normalized spacial score (nSPS) is 13.0. The van der Waals surface area contributed by atoms with Gasteiger partial charge < -0.3 is 14.8 Å². The van der Waals surface area contributed by atoms with Crippen LogP contribution in [0.25, 0.3) is 10.9 Å². The molecule has 3 aromatic rings. The van der Waals surface area contributed by atoms with Gasteiger partial charge >= 0.3 is 0 Å². The van der Waals surface area contributed by atoms with Gasteiger partial charge in [0, 0.05) is 24.7 Å². The van der Waals surface area contributed by atoms with Crippen molar-refractivity contribution in [2.45, 2.75) is 45.1 Å². The zero-order valence-corrected chi connectivity index (χ0v) is 17.9. The molecular formula is C24H27N3O4. The fourth-order valence-corrected chi connectivity index (χ4v) is 4.17. The van der Waals surface area contributed by atoms with E-state index in [4.69, 9.17) is 9.47 Å². The van der Waals surface area contributed by atoms with E-state index in [-0.39, 0.29) is 11.5 Å². The summed E-state index contributed by atoms with van der Waals surface area (Å²) in [5.74, 6) is 0.976. The fourth-order valence-electron chi connectivity index (χ4n) is 4.17. The van der Waals surface area contributed by atoms with Gasteiger partial charge in [0.25, 0.3) is 5.56 Å². The van der Waals surface area contributed by atoms with Crippen molar-refractivity contribution in [1.29, 1.82) is 0 Å². The fraction of sp³-hybridized carbons (Fsp3) is 0.375. The summed E-state index contributed by atoms with van der Waals surface area (Å²) < 4.78 is 12.1. The molecule has 0 fully saturated rings. The number of aromatic nitrogens is 2. The van der Waals surface area contributed by atoms with Crippen LogP contribution in [-0.2, 0) is 24.2 Å². The molecule has 1 aromatic heterocycles. The van der Waals surface area contributed by atoms with Gasteiger partial charge in [-0.3, -0.25) is 14.2 Å². The van der Waals surface area contributed by atoms with Crippen molar-refractivity contribution < 1.29 is 14.3 Å². The molecule has 4 rings (SSSR count). The second kappa shape index (κ2) is 9.20. The van der Waals surface area contributed by atoms with E-state index >= 15 is 0 Å².